The van der Waals surface area contributed by atoms with Crippen molar-refractivity contribution in [2.75, 3.05) is 30.1 Å². The van der Waals surface area contributed by atoms with Crippen molar-refractivity contribution in [2.24, 2.45) is 0 Å². The number of rotatable bonds is 7. The minimum Gasteiger partial charge on any atom is -0.377 e. The lowest BCUT2D eigenvalue weighted by Crippen LogP contribution is -2.48. The second-order valence-electron chi connectivity index (χ2n) is 6.95. The number of pyridine rings is 1. The molecule has 3 aromatic rings. The van der Waals surface area contributed by atoms with Gasteiger partial charge in [0.2, 0.25) is 0 Å². The van der Waals surface area contributed by atoms with E-state index in [-0.39, 0.29) is 16.8 Å². The van der Waals surface area contributed by atoms with Gasteiger partial charge in [0, 0.05) is 18.5 Å². The molecule has 31 heavy (non-hydrogen) atoms. The monoisotopic (exact) mass is 440 g/mol. The Balaban J connectivity index is 1.45. The molecular formula is C20H20N6O4S. The summed E-state index contributed by atoms with van der Waals surface area (Å²) in [6.45, 7) is 1.05. The largest absolute Gasteiger partial charge is 0.377 e. The average Bonchev–Trinajstić information content (AvgIpc) is 2.71. The lowest BCUT2D eigenvalue weighted by Gasteiger charge is -2.26. The number of carbonyl (C=O) groups excluding carboxylic acids is 1. The number of benzene rings is 1. The zero-order valence-corrected chi connectivity index (χ0v) is 17.4. The molecule has 11 heteroatoms. The number of sulfone groups is 1. The van der Waals surface area contributed by atoms with Crippen LogP contribution in [0.1, 0.15) is 10.4 Å². The van der Waals surface area contributed by atoms with Gasteiger partial charge in [-0.3, -0.25) is 4.79 Å². The molecule has 0 aliphatic carbocycles. The van der Waals surface area contributed by atoms with Gasteiger partial charge in [-0.2, -0.15) is 0 Å². The molecule has 0 saturated carbocycles. The predicted molar refractivity (Wildman–Crippen MR) is 114 cm³/mol. The molecule has 2 aromatic heterocycles. The van der Waals surface area contributed by atoms with Crippen LogP contribution < -0.4 is 16.0 Å². The van der Waals surface area contributed by atoms with Crippen molar-refractivity contribution in [3.63, 3.8) is 0 Å². The Hall–Kier alpha value is -3.57. The summed E-state index contributed by atoms with van der Waals surface area (Å²) >= 11 is 0. The molecule has 0 atom stereocenters. The highest BCUT2D eigenvalue weighted by atomic mass is 32.2. The van der Waals surface area contributed by atoms with Crippen molar-refractivity contribution >= 4 is 38.9 Å². The van der Waals surface area contributed by atoms with Crippen LogP contribution in [-0.2, 0) is 14.6 Å². The van der Waals surface area contributed by atoms with E-state index in [0.29, 0.717) is 41.9 Å². The second kappa shape index (κ2) is 8.66. The normalized spacial score (nSPS) is 13.8. The van der Waals surface area contributed by atoms with E-state index < -0.39 is 9.84 Å². The van der Waals surface area contributed by atoms with Gasteiger partial charge in [-0.25, -0.2) is 23.4 Å². The molecule has 0 bridgehead atoms. The van der Waals surface area contributed by atoms with Crippen molar-refractivity contribution in [1.82, 2.24) is 20.3 Å². The van der Waals surface area contributed by atoms with Gasteiger partial charge in [0.1, 0.15) is 23.8 Å². The van der Waals surface area contributed by atoms with E-state index in [4.69, 9.17) is 4.74 Å². The minimum atomic E-state index is -3.40. The zero-order chi connectivity index (χ0) is 21.8. The fourth-order valence-corrected chi connectivity index (χ4v) is 3.69. The van der Waals surface area contributed by atoms with Crippen LogP contribution in [0.2, 0.25) is 0 Å². The summed E-state index contributed by atoms with van der Waals surface area (Å²) in [5.74, 6) is 1.15. The molecule has 1 aromatic carbocycles. The van der Waals surface area contributed by atoms with E-state index in [0.717, 1.165) is 6.26 Å². The van der Waals surface area contributed by atoms with Gasteiger partial charge in [0.25, 0.3) is 5.91 Å². The summed E-state index contributed by atoms with van der Waals surface area (Å²) in [5.41, 5.74) is 0.861. The van der Waals surface area contributed by atoms with E-state index in [1.807, 2.05) is 0 Å². The van der Waals surface area contributed by atoms with Crippen LogP contribution in [0.4, 0.5) is 23.1 Å². The number of para-hydroxylation sites is 1. The summed E-state index contributed by atoms with van der Waals surface area (Å²) in [5, 5.41) is 8.89. The summed E-state index contributed by atoms with van der Waals surface area (Å²) in [6.07, 6.45) is 3.96. The van der Waals surface area contributed by atoms with E-state index >= 15 is 0 Å². The third-order valence-electron chi connectivity index (χ3n) is 4.47. The quantitative estimate of drug-likeness (QED) is 0.503. The molecule has 1 amide bonds. The molecule has 1 saturated heterocycles. The zero-order valence-electron chi connectivity index (χ0n) is 16.6. The maximum absolute atomic E-state index is 12.1. The van der Waals surface area contributed by atoms with Gasteiger partial charge in [-0.15, -0.1) is 0 Å². The molecule has 3 heterocycles. The number of aromatic nitrogens is 3. The van der Waals surface area contributed by atoms with Crippen LogP contribution in [-0.4, -0.2) is 54.8 Å². The highest BCUT2D eigenvalue weighted by molar-refractivity contribution is 7.90. The molecule has 3 N–H and O–H groups in total. The maximum atomic E-state index is 12.1. The molecule has 10 nitrogen and oxygen atoms in total. The SMILES string of the molecule is CS(=O)(=O)c1ccccc1Nc1cc(Nc2ccc(C(=O)NC3COC3)cn2)ncn1. The Labute approximate surface area is 179 Å². The van der Waals surface area contributed by atoms with Gasteiger partial charge in [-0.05, 0) is 24.3 Å². The Morgan fingerprint density at radius 2 is 1.74 bits per heavy atom. The van der Waals surface area contributed by atoms with E-state index in [1.54, 1.807) is 36.4 Å². The van der Waals surface area contributed by atoms with Crippen LogP contribution in [0, 0.1) is 0 Å². The first-order chi connectivity index (χ1) is 14.9. The highest BCUT2D eigenvalue weighted by Crippen LogP contribution is 2.25. The smallest absolute Gasteiger partial charge is 0.253 e. The summed E-state index contributed by atoms with van der Waals surface area (Å²) < 4.78 is 29.0. The fourth-order valence-electron chi connectivity index (χ4n) is 2.85. The van der Waals surface area contributed by atoms with Gasteiger partial charge in [0.15, 0.2) is 9.84 Å². The minimum absolute atomic E-state index is 0.0464. The van der Waals surface area contributed by atoms with Crippen LogP contribution in [0.5, 0.6) is 0 Å². The Morgan fingerprint density at radius 3 is 2.39 bits per heavy atom. The van der Waals surface area contributed by atoms with Crippen molar-refractivity contribution in [3.8, 4) is 0 Å². The molecular weight excluding hydrogens is 420 g/mol. The van der Waals surface area contributed by atoms with Crippen molar-refractivity contribution < 1.29 is 17.9 Å². The van der Waals surface area contributed by atoms with Gasteiger partial charge in [0.05, 0.1) is 35.4 Å². The molecule has 0 radical (unpaired) electrons. The maximum Gasteiger partial charge on any atom is 0.253 e. The van der Waals surface area contributed by atoms with Gasteiger partial charge < -0.3 is 20.7 Å². The highest BCUT2D eigenvalue weighted by Gasteiger charge is 2.21. The molecule has 0 spiro atoms. The number of hydrogen-bond acceptors (Lipinski definition) is 9. The topological polar surface area (TPSA) is 135 Å². The Bertz CT molecular complexity index is 1200. The molecule has 1 fully saturated rings. The lowest BCUT2D eigenvalue weighted by molar-refractivity contribution is -0.00346. The van der Waals surface area contributed by atoms with Crippen LogP contribution in [0.3, 0.4) is 0 Å². The molecule has 1 aliphatic rings. The number of nitrogens with one attached hydrogen (secondary N) is 3. The third-order valence-corrected chi connectivity index (χ3v) is 5.63. The van der Waals surface area contributed by atoms with Crippen LogP contribution >= 0.6 is 0 Å². The number of ether oxygens (including phenoxy) is 1. The lowest BCUT2D eigenvalue weighted by atomic mass is 10.2. The summed E-state index contributed by atoms with van der Waals surface area (Å²) in [7, 11) is -3.40. The van der Waals surface area contributed by atoms with Gasteiger partial charge >= 0.3 is 0 Å². The van der Waals surface area contributed by atoms with Crippen LogP contribution in [0.25, 0.3) is 0 Å². The standard InChI is InChI=1S/C20H20N6O4S/c1-31(28,29)16-5-3-2-4-15(16)25-18-8-19(23-12-22-18)26-17-7-6-13(9-21-17)20(27)24-14-10-30-11-14/h2-9,12,14H,10-11H2,1H3,(H,24,27)(H2,21,22,23,25,26). The fraction of sp³-hybridized carbons (Fsp3) is 0.200. The molecule has 1 aliphatic heterocycles. The number of amides is 1. The summed E-state index contributed by atoms with van der Waals surface area (Å²) in [6, 6.07) is 11.6. The predicted octanol–water partition coefficient (Wildman–Crippen LogP) is 1.89. The molecule has 160 valence electrons. The second-order valence-corrected chi connectivity index (χ2v) is 8.93. The first-order valence-corrected chi connectivity index (χ1v) is 11.3. The number of carbonyl (C=O) groups is 1. The van der Waals surface area contributed by atoms with Crippen molar-refractivity contribution in [1.29, 1.82) is 0 Å². The first-order valence-electron chi connectivity index (χ1n) is 9.38. The Morgan fingerprint density at radius 1 is 1.00 bits per heavy atom. The van der Waals surface area contributed by atoms with E-state index in [9.17, 15) is 13.2 Å². The number of nitrogens with zero attached hydrogens (tertiary/aromatic N) is 3. The molecule has 0 unspecified atom stereocenters. The number of anilines is 4. The first kappa shape index (κ1) is 20.7. The molecule has 4 rings (SSSR count). The Kier molecular flexibility index (Phi) is 5.78. The van der Waals surface area contributed by atoms with Crippen LogP contribution in [0.15, 0.2) is 59.9 Å². The third kappa shape index (κ3) is 5.13. The van der Waals surface area contributed by atoms with E-state index in [2.05, 4.69) is 30.9 Å². The van der Waals surface area contributed by atoms with Crippen molar-refractivity contribution in [2.45, 2.75) is 10.9 Å². The number of hydrogen-bond donors (Lipinski definition) is 3. The average molecular weight is 440 g/mol. The van der Waals surface area contributed by atoms with E-state index in [1.165, 1.54) is 18.6 Å². The summed E-state index contributed by atoms with van der Waals surface area (Å²) in [4.78, 5) is 24.8. The van der Waals surface area contributed by atoms with Crippen molar-refractivity contribution in [3.05, 3.63) is 60.6 Å². The van der Waals surface area contributed by atoms with Gasteiger partial charge in [-0.1, -0.05) is 12.1 Å².